The molecule has 0 aromatic heterocycles. The number of nitrogens with zero attached hydrogens (tertiary/aromatic N) is 1. The van der Waals surface area contributed by atoms with Gasteiger partial charge in [-0.2, -0.15) is 0 Å². The molecule has 1 atom stereocenters. The minimum absolute atomic E-state index is 0.0345. The topological polar surface area (TPSA) is 102 Å². The first-order valence-electron chi connectivity index (χ1n) is 7.69. The van der Waals surface area contributed by atoms with Crippen molar-refractivity contribution in [3.63, 3.8) is 0 Å². The molecule has 0 aliphatic heterocycles. The zero-order chi connectivity index (χ0) is 18.4. The molecule has 2 N–H and O–H groups in total. The van der Waals surface area contributed by atoms with E-state index in [-0.39, 0.29) is 17.8 Å². The molecule has 0 fully saturated rings. The Bertz CT molecular complexity index is 756. The highest BCUT2D eigenvalue weighted by atomic mass is 16.6. The zero-order valence-corrected chi connectivity index (χ0v) is 14.1. The normalized spacial score (nSPS) is 12.9. The fourth-order valence-corrected chi connectivity index (χ4v) is 2.44. The minimum Gasteiger partial charge on any atom is -0.497 e. The number of carbonyl (C=O) groups excluding carboxylic acids is 1. The van der Waals surface area contributed by atoms with Crippen molar-refractivity contribution >= 4 is 11.6 Å². The second-order valence-electron chi connectivity index (χ2n) is 5.98. The Morgan fingerprint density at radius 2 is 1.88 bits per heavy atom. The van der Waals surface area contributed by atoms with Gasteiger partial charge in [0.2, 0.25) is 0 Å². The minimum atomic E-state index is -1.20. The van der Waals surface area contributed by atoms with Crippen LogP contribution in [0.1, 0.15) is 22.8 Å². The number of aliphatic hydroxyl groups is 1. The van der Waals surface area contributed by atoms with E-state index in [1.807, 2.05) is 12.1 Å². The number of hydrogen-bond donors (Lipinski definition) is 2. The molecular formula is C18H20N2O5. The molecule has 0 aliphatic carbocycles. The number of nitro groups is 1. The number of methoxy groups -OCH3 is 1. The lowest BCUT2D eigenvalue weighted by atomic mass is 9.96. The largest absolute Gasteiger partial charge is 0.497 e. The summed E-state index contributed by atoms with van der Waals surface area (Å²) in [5.41, 5.74) is -0.623. The van der Waals surface area contributed by atoms with Crippen LogP contribution in [0.25, 0.3) is 0 Å². The summed E-state index contributed by atoms with van der Waals surface area (Å²) in [6, 6.07) is 12.9. The monoisotopic (exact) mass is 344 g/mol. The molecule has 0 radical (unpaired) electrons. The Labute approximate surface area is 145 Å². The van der Waals surface area contributed by atoms with E-state index in [1.165, 1.54) is 18.2 Å². The van der Waals surface area contributed by atoms with E-state index in [9.17, 15) is 20.0 Å². The van der Waals surface area contributed by atoms with Gasteiger partial charge >= 0.3 is 0 Å². The molecule has 7 heteroatoms. The molecule has 132 valence electrons. The maximum Gasteiger partial charge on any atom is 0.282 e. The summed E-state index contributed by atoms with van der Waals surface area (Å²) in [6.07, 6.45) is 0.314. The number of carbonyl (C=O) groups is 1. The van der Waals surface area contributed by atoms with Crippen LogP contribution in [0.5, 0.6) is 5.75 Å². The Hall–Kier alpha value is -2.93. The van der Waals surface area contributed by atoms with Crippen molar-refractivity contribution < 1.29 is 19.6 Å². The lowest BCUT2D eigenvalue weighted by Gasteiger charge is -2.24. The molecule has 25 heavy (non-hydrogen) atoms. The highest BCUT2D eigenvalue weighted by molar-refractivity contribution is 5.98. The van der Waals surface area contributed by atoms with Gasteiger partial charge in [-0.3, -0.25) is 14.9 Å². The second kappa shape index (κ2) is 7.76. The first kappa shape index (κ1) is 18.4. The third-order valence-electron chi connectivity index (χ3n) is 3.72. The summed E-state index contributed by atoms with van der Waals surface area (Å²) >= 11 is 0. The quantitative estimate of drug-likeness (QED) is 0.593. The van der Waals surface area contributed by atoms with Crippen molar-refractivity contribution in [1.29, 1.82) is 0 Å². The van der Waals surface area contributed by atoms with E-state index in [4.69, 9.17) is 4.74 Å². The third-order valence-corrected chi connectivity index (χ3v) is 3.72. The van der Waals surface area contributed by atoms with Crippen molar-refractivity contribution in [2.75, 3.05) is 13.7 Å². The standard InChI is InChI=1S/C18H20N2O5/c1-18(22,11-13-7-9-14(25-2)10-8-13)12-19-17(21)15-5-3-4-6-16(15)20(23)24/h3-10,22H,11-12H2,1-2H3,(H,19,21). The molecule has 2 aromatic rings. The highest BCUT2D eigenvalue weighted by Gasteiger charge is 2.24. The molecule has 0 spiro atoms. The van der Waals surface area contributed by atoms with E-state index < -0.39 is 16.4 Å². The fraction of sp³-hybridized carbons (Fsp3) is 0.278. The van der Waals surface area contributed by atoms with Gasteiger partial charge < -0.3 is 15.2 Å². The molecular weight excluding hydrogens is 324 g/mol. The first-order chi connectivity index (χ1) is 11.8. The van der Waals surface area contributed by atoms with Gasteiger partial charge in [-0.05, 0) is 30.7 Å². The molecule has 1 unspecified atom stereocenters. The number of benzene rings is 2. The summed E-state index contributed by atoms with van der Waals surface area (Å²) < 4.78 is 5.08. The molecule has 2 aromatic carbocycles. The molecule has 0 saturated heterocycles. The maximum atomic E-state index is 12.2. The lowest BCUT2D eigenvalue weighted by Crippen LogP contribution is -2.42. The first-order valence-corrected chi connectivity index (χ1v) is 7.69. The molecule has 7 nitrogen and oxygen atoms in total. The number of ether oxygens (including phenoxy) is 1. The van der Waals surface area contributed by atoms with E-state index in [2.05, 4.69) is 5.32 Å². The van der Waals surface area contributed by atoms with Gasteiger partial charge in [0.25, 0.3) is 11.6 Å². The fourth-order valence-electron chi connectivity index (χ4n) is 2.44. The molecule has 0 aliphatic rings. The van der Waals surface area contributed by atoms with E-state index in [1.54, 1.807) is 32.2 Å². The van der Waals surface area contributed by atoms with Crippen LogP contribution in [0.3, 0.4) is 0 Å². The second-order valence-corrected chi connectivity index (χ2v) is 5.98. The van der Waals surface area contributed by atoms with Crippen molar-refractivity contribution in [2.45, 2.75) is 18.9 Å². The molecule has 1 amide bonds. The molecule has 0 bridgehead atoms. The van der Waals surface area contributed by atoms with Crippen LogP contribution in [-0.2, 0) is 6.42 Å². The molecule has 0 heterocycles. The molecule has 2 rings (SSSR count). The van der Waals surface area contributed by atoms with Crippen LogP contribution in [0, 0.1) is 10.1 Å². The average molecular weight is 344 g/mol. The number of amides is 1. The number of rotatable bonds is 7. The van der Waals surface area contributed by atoms with Gasteiger partial charge in [0, 0.05) is 19.0 Å². The summed E-state index contributed by atoms with van der Waals surface area (Å²) in [4.78, 5) is 22.6. The van der Waals surface area contributed by atoms with Crippen LogP contribution in [0.2, 0.25) is 0 Å². The van der Waals surface area contributed by atoms with Crippen LogP contribution in [-0.4, -0.2) is 35.2 Å². The Morgan fingerprint density at radius 3 is 2.48 bits per heavy atom. The summed E-state index contributed by atoms with van der Waals surface area (Å²) in [5.74, 6) is 0.121. The predicted molar refractivity (Wildman–Crippen MR) is 92.8 cm³/mol. The summed E-state index contributed by atoms with van der Waals surface area (Å²) in [5, 5.41) is 24.0. The van der Waals surface area contributed by atoms with Crippen molar-refractivity contribution in [3.05, 3.63) is 69.8 Å². The van der Waals surface area contributed by atoms with Crippen molar-refractivity contribution in [2.24, 2.45) is 0 Å². The van der Waals surface area contributed by atoms with E-state index in [0.29, 0.717) is 12.2 Å². The average Bonchev–Trinajstić information content (AvgIpc) is 2.60. The third kappa shape index (κ3) is 5.02. The van der Waals surface area contributed by atoms with Gasteiger partial charge in [0.1, 0.15) is 11.3 Å². The van der Waals surface area contributed by atoms with Crippen molar-refractivity contribution in [1.82, 2.24) is 5.32 Å². The predicted octanol–water partition coefficient (Wildman–Crippen LogP) is 2.33. The highest BCUT2D eigenvalue weighted by Crippen LogP contribution is 2.19. The summed E-state index contributed by atoms with van der Waals surface area (Å²) in [7, 11) is 1.57. The molecule has 0 saturated carbocycles. The lowest BCUT2D eigenvalue weighted by molar-refractivity contribution is -0.385. The van der Waals surface area contributed by atoms with Gasteiger partial charge in [0.05, 0.1) is 17.6 Å². The Balaban J connectivity index is 2.01. The Kier molecular flexibility index (Phi) is 5.71. The number of nitrogens with one attached hydrogen (secondary N) is 1. The van der Waals surface area contributed by atoms with Crippen LogP contribution >= 0.6 is 0 Å². The smallest absolute Gasteiger partial charge is 0.282 e. The van der Waals surface area contributed by atoms with Gasteiger partial charge in [-0.1, -0.05) is 24.3 Å². The number of para-hydroxylation sites is 1. The number of hydrogen-bond acceptors (Lipinski definition) is 5. The van der Waals surface area contributed by atoms with Crippen LogP contribution in [0.15, 0.2) is 48.5 Å². The summed E-state index contributed by atoms with van der Waals surface area (Å²) in [6.45, 7) is 1.56. The maximum absolute atomic E-state index is 12.2. The van der Waals surface area contributed by atoms with Crippen LogP contribution < -0.4 is 10.1 Å². The Morgan fingerprint density at radius 1 is 1.24 bits per heavy atom. The van der Waals surface area contributed by atoms with Crippen molar-refractivity contribution in [3.8, 4) is 5.75 Å². The van der Waals surface area contributed by atoms with E-state index >= 15 is 0 Å². The van der Waals surface area contributed by atoms with Gasteiger partial charge in [0.15, 0.2) is 0 Å². The number of nitro benzene ring substituents is 1. The van der Waals surface area contributed by atoms with E-state index in [0.717, 1.165) is 5.56 Å². The zero-order valence-electron chi connectivity index (χ0n) is 14.1. The SMILES string of the molecule is COc1ccc(CC(C)(O)CNC(=O)c2ccccc2[N+](=O)[O-])cc1. The van der Waals surface area contributed by atoms with Crippen LogP contribution in [0.4, 0.5) is 5.69 Å². The van der Waals surface area contributed by atoms with Gasteiger partial charge in [-0.25, -0.2) is 0 Å². The van der Waals surface area contributed by atoms with Gasteiger partial charge in [-0.15, -0.1) is 0 Å².